The molecule has 0 radical (unpaired) electrons. The molecule has 0 fully saturated rings. The van der Waals surface area contributed by atoms with Crippen molar-refractivity contribution in [1.29, 1.82) is 0 Å². The van der Waals surface area contributed by atoms with E-state index in [0.29, 0.717) is 30.9 Å². The van der Waals surface area contributed by atoms with Crippen molar-refractivity contribution in [2.75, 3.05) is 18.4 Å². The smallest absolute Gasteiger partial charge is 0.265 e. The number of carbonyl (C=O) groups excluding carboxylic acids is 1. The topological polar surface area (TPSA) is 75.7 Å². The molecule has 0 spiro atoms. The average Bonchev–Trinajstić information content (AvgIpc) is 3.10. The predicted octanol–water partition coefficient (Wildman–Crippen LogP) is 3.28. The van der Waals surface area contributed by atoms with Crippen molar-refractivity contribution in [1.82, 2.24) is 4.31 Å². The number of ether oxygens (including phenoxy) is 1. The number of hydrogen-bond acceptors (Lipinski definition) is 4. The zero-order valence-electron chi connectivity index (χ0n) is 16.7. The van der Waals surface area contributed by atoms with Gasteiger partial charge in [-0.1, -0.05) is 32.0 Å². The Morgan fingerprint density at radius 1 is 1.18 bits per heavy atom. The normalized spacial score (nSPS) is 16.0. The van der Waals surface area contributed by atoms with Crippen LogP contribution in [0.3, 0.4) is 0 Å². The monoisotopic (exact) mass is 402 g/mol. The van der Waals surface area contributed by atoms with E-state index in [2.05, 4.69) is 5.32 Å². The van der Waals surface area contributed by atoms with Gasteiger partial charge in [0.25, 0.3) is 5.91 Å². The SMILES string of the molecule is CCN(CC)S(=O)(=O)c1cc(C)c(C)c(NC(=O)[C@H]2Cc3ccccc3O2)c1. The van der Waals surface area contributed by atoms with E-state index in [4.69, 9.17) is 4.74 Å². The van der Waals surface area contributed by atoms with E-state index in [0.717, 1.165) is 16.7 Å². The van der Waals surface area contributed by atoms with Gasteiger partial charge in [-0.25, -0.2) is 8.42 Å². The summed E-state index contributed by atoms with van der Waals surface area (Å²) in [7, 11) is -3.61. The second-order valence-corrected chi connectivity index (χ2v) is 8.85. The molecule has 3 rings (SSSR count). The highest BCUT2D eigenvalue weighted by Crippen LogP contribution is 2.30. The zero-order valence-corrected chi connectivity index (χ0v) is 17.5. The van der Waals surface area contributed by atoms with Gasteiger partial charge >= 0.3 is 0 Å². The van der Waals surface area contributed by atoms with Crippen molar-refractivity contribution in [3.63, 3.8) is 0 Å². The van der Waals surface area contributed by atoms with E-state index in [-0.39, 0.29) is 10.8 Å². The van der Waals surface area contributed by atoms with E-state index in [1.165, 1.54) is 10.4 Å². The number of carbonyl (C=O) groups is 1. The predicted molar refractivity (Wildman–Crippen MR) is 109 cm³/mol. The standard InChI is InChI=1S/C21H26N2O4S/c1-5-23(6-2)28(25,26)17-11-14(3)15(4)18(13-17)22-21(24)20-12-16-9-7-8-10-19(16)27-20/h7-11,13,20H,5-6,12H2,1-4H3,(H,22,24)/t20-/m1/s1. The van der Waals surface area contributed by atoms with Crippen molar-refractivity contribution in [2.45, 2.75) is 45.1 Å². The summed E-state index contributed by atoms with van der Waals surface area (Å²) in [6.45, 7) is 8.10. The molecule has 0 unspecified atom stereocenters. The van der Waals surface area contributed by atoms with Gasteiger partial charge in [-0.2, -0.15) is 4.31 Å². The van der Waals surface area contributed by atoms with Gasteiger partial charge in [-0.15, -0.1) is 0 Å². The Labute approximate surface area is 166 Å². The molecule has 0 saturated carbocycles. The average molecular weight is 403 g/mol. The van der Waals surface area contributed by atoms with Gasteiger partial charge in [0.15, 0.2) is 6.10 Å². The summed E-state index contributed by atoms with van der Waals surface area (Å²) in [6, 6.07) is 10.8. The largest absolute Gasteiger partial charge is 0.480 e. The maximum Gasteiger partial charge on any atom is 0.265 e. The number of aryl methyl sites for hydroxylation is 1. The third kappa shape index (κ3) is 3.77. The molecule has 1 aliphatic heterocycles. The van der Waals surface area contributed by atoms with Crippen LogP contribution in [0.1, 0.15) is 30.5 Å². The molecule has 28 heavy (non-hydrogen) atoms. The van der Waals surface area contributed by atoms with E-state index < -0.39 is 16.1 Å². The number of benzene rings is 2. The minimum atomic E-state index is -3.61. The number of rotatable bonds is 6. The van der Waals surface area contributed by atoms with Crippen LogP contribution < -0.4 is 10.1 Å². The Morgan fingerprint density at radius 3 is 2.50 bits per heavy atom. The molecule has 1 heterocycles. The van der Waals surface area contributed by atoms with Crippen LogP contribution in [-0.2, 0) is 21.2 Å². The Morgan fingerprint density at radius 2 is 1.86 bits per heavy atom. The van der Waals surface area contributed by atoms with E-state index in [1.54, 1.807) is 19.9 Å². The first-order valence-electron chi connectivity index (χ1n) is 9.44. The summed E-state index contributed by atoms with van der Waals surface area (Å²) < 4.78 is 32.9. The lowest BCUT2D eigenvalue weighted by Crippen LogP contribution is -2.32. The van der Waals surface area contributed by atoms with Crippen LogP contribution in [0.2, 0.25) is 0 Å². The number of hydrogen-bond donors (Lipinski definition) is 1. The summed E-state index contributed by atoms with van der Waals surface area (Å²) in [5.74, 6) is 0.435. The lowest BCUT2D eigenvalue weighted by Gasteiger charge is -2.21. The van der Waals surface area contributed by atoms with Crippen molar-refractivity contribution in [3.8, 4) is 5.75 Å². The minimum absolute atomic E-state index is 0.185. The lowest BCUT2D eigenvalue weighted by atomic mass is 10.1. The molecule has 2 aromatic carbocycles. The molecular weight excluding hydrogens is 376 g/mol. The third-order valence-corrected chi connectivity index (χ3v) is 7.21. The summed E-state index contributed by atoms with van der Waals surface area (Å²) in [5, 5.41) is 2.87. The third-order valence-electron chi connectivity index (χ3n) is 5.18. The van der Waals surface area contributed by atoms with Crippen LogP contribution in [-0.4, -0.2) is 37.8 Å². The molecule has 1 atom stereocenters. The van der Waals surface area contributed by atoms with Crippen molar-refractivity contribution in [2.24, 2.45) is 0 Å². The van der Waals surface area contributed by atoms with Crippen LogP contribution >= 0.6 is 0 Å². The number of para-hydroxylation sites is 1. The zero-order chi connectivity index (χ0) is 20.5. The molecule has 6 nitrogen and oxygen atoms in total. The number of nitrogens with one attached hydrogen (secondary N) is 1. The van der Waals surface area contributed by atoms with Crippen molar-refractivity contribution < 1.29 is 17.9 Å². The van der Waals surface area contributed by atoms with Gasteiger partial charge in [0, 0.05) is 25.2 Å². The second-order valence-electron chi connectivity index (χ2n) is 6.91. The van der Waals surface area contributed by atoms with Gasteiger partial charge in [-0.3, -0.25) is 4.79 Å². The quantitative estimate of drug-likeness (QED) is 0.805. The minimum Gasteiger partial charge on any atom is -0.480 e. The summed E-state index contributed by atoms with van der Waals surface area (Å²) >= 11 is 0. The molecule has 0 aromatic heterocycles. The first-order valence-corrected chi connectivity index (χ1v) is 10.9. The van der Waals surface area contributed by atoms with Crippen molar-refractivity contribution in [3.05, 3.63) is 53.1 Å². The highest BCUT2D eigenvalue weighted by Gasteiger charge is 2.30. The van der Waals surface area contributed by atoms with Crippen LogP contribution in [0.5, 0.6) is 5.75 Å². The Kier molecular flexibility index (Phi) is 5.76. The van der Waals surface area contributed by atoms with Gasteiger partial charge in [0.2, 0.25) is 10.0 Å². The summed E-state index contributed by atoms with van der Waals surface area (Å²) in [5.41, 5.74) is 3.13. The number of fused-ring (bicyclic) bond motifs is 1. The Hall–Kier alpha value is -2.38. The molecule has 1 aliphatic rings. The maximum atomic E-state index is 12.9. The number of amides is 1. The van der Waals surface area contributed by atoms with E-state index in [9.17, 15) is 13.2 Å². The fraction of sp³-hybridized carbons (Fsp3) is 0.381. The molecule has 0 aliphatic carbocycles. The number of sulfonamides is 1. The Bertz CT molecular complexity index is 972. The van der Waals surface area contributed by atoms with Gasteiger partial charge in [-0.05, 0) is 48.7 Å². The summed E-state index contributed by atoms with van der Waals surface area (Å²) in [6.07, 6.45) is -0.127. The van der Waals surface area contributed by atoms with Gasteiger partial charge in [0.05, 0.1) is 4.90 Å². The van der Waals surface area contributed by atoms with Crippen LogP contribution in [0.25, 0.3) is 0 Å². The fourth-order valence-corrected chi connectivity index (χ4v) is 4.93. The van der Waals surface area contributed by atoms with Crippen molar-refractivity contribution >= 4 is 21.6 Å². The van der Waals surface area contributed by atoms with Crippen LogP contribution in [0.15, 0.2) is 41.3 Å². The number of anilines is 1. The molecule has 7 heteroatoms. The Balaban J connectivity index is 1.87. The molecule has 1 N–H and O–H groups in total. The molecular formula is C21H26N2O4S. The molecule has 150 valence electrons. The molecule has 1 amide bonds. The molecule has 2 aromatic rings. The lowest BCUT2D eigenvalue weighted by molar-refractivity contribution is -0.122. The van der Waals surface area contributed by atoms with Crippen LogP contribution in [0.4, 0.5) is 5.69 Å². The summed E-state index contributed by atoms with van der Waals surface area (Å²) in [4.78, 5) is 12.9. The van der Waals surface area contributed by atoms with E-state index in [1.807, 2.05) is 38.1 Å². The van der Waals surface area contributed by atoms with Gasteiger partial charge < -0.3 is 10.1 Å². The van der Waals surface area contributed by atoms with E-state index >= 15 is 0 Å². The highest BCUT2D eigenvalue weighted by molar-refractivity contribution is 7.89. The maximum absolute atomic E-state index is 12.9. The van der Waals surface area contributed by atoms with Crippen LogP contribution in [0, 0.1) is 13.8 Å². The molecule has 0 saturated heterocycles. The number of nitrogens with zero attached hydrogens (tertiary/aromatic N) is 1. The highest BCUT2D eigenvalue weighted by atomic mass is 32.2. The second kappa shape index (κ2) is 7.93. The van der Waals surface area contributed by atoms with Gasteiger partial charge in [0.1, 0.15) is 5.75 Å². The first kappa shape index (κ1) is 20.4. The first-order chi connectivity index (χ1) is 13.3. The molecule has 0 bridgehead atoms. The fourth-order valence-electron chi connectivity index (χ4n) is 3.36.